The molecule has 0 amide bonds. The van der Waals surface area contributed by atoms with E-state index in [1.54, 1.807) is 27.7 Å². The Kier molecular flexibility index (Phi) is 7.32. The Morgan fingerprint density at radius 3 is 2.04 bits per heavy atom. The van der Waals surface area contributed by atoms with E-state index in [0.29, 0.717) is 0 Å². The number of hydrogen-bond donors (Lipinski definition) is 0. The molecule has 28 heavy (non-hydrogen) atoms. The average molecular weight is 384 g/mol. The van der Waals surface area contributed by atoms with Crippen LogP contribution in [0.5, 0.6) is 0 Å². The molecule has 5 heteroatoms. The molecule has 0 atom stereocenters. The van der Waals surface area contributed by atoms with E-state index < -0.39 is 17.4 Å². The van der Waals surface area contributed by atoms with Crippen LogP contribution < -0.4 is 0 Å². The summed E-state index contributed by atoms with van der Waals surface area (Å²) < 4.78 is 10.5. The first kappa shape index (κ1) is 21.6. The first-order chi connectivity index (χ1) is 13.4. The number of Topliss-reactive ketones (excluding diaryl/α,β-unsaturated/α-hetero) is 1. The number of carbonyl (C=O) groups excluding carboxylic acids is 3. The lowest BCUT2D eigenvalue weighted by Gasteiger charge is -2.29. The molecular formula is C23H28O5. The number of ketones is 1. The summed E-state index contributed by atoms with van der Waals surface area (Å²) in [5, 5.41) is 1.93. The Morgan fingerprint density at radius 2 is 1.46 bits per heavy atom. The van der Waals surface area contributed by atoms with Crippen molar-refractivity contribution in [3.8, 4) is 0 Å². The van der Waals surface area contributed by atoms with Crippen molar-refractivity contribution in [3.05, 3.63) is 48.0 Å². The standard InChI is InChI=1S/C23H28O5/c1-5-27-21(25)23(22(26)28-6-2,15-20(24)16(3)4)14-18-12-9-11-17-10-7-8-13-19(17)18/h7-13,16H,5-6,14-15H2,1-4H3. The van der Waals surface area contributed by atoms with E-state index in [4.69, 9.17) is 9.47 Å². The molecule has 2 rings (SSSR count). The highest BCUT2D eigenvalue weighted by Crippen LogP contribution is 2.35. The van der Waals surface area contributed by atoms with E-state index >= 15 is 0 Å². The quantitative estimate of drug-likeness (QED) is 0.481. The molecule has 0 bridgehead atoms. The minimum atomic E-state index is -1.70. The van der Waals surface area contributed by atoms with Gasteiger partial charge in [-0.25, -0.2) is 0 Å². The Bertz CT molecular complexity index is 830. The second-order valence-electron chi connectivity index (χ2n) is 7.14. The zero-order chi connectivity index (χ0) is 20.7. The number of carbonyl (C=O) groups is 3. The fourth-order valence-corrected chi connectivity index (χ4v) is 3.25. The van der Waals surface area contributed by atoms with Gasteiger partial charge in [0.15, 0.2) is 5.41 Å². The second-order valence-corrected chi connectivity index (χ2v) is 7.14. The molecule has 0 unspecified atom stereocenters. The number of rotatable bonds is 9. The van der Waals surface area contributed by atoms with Crippen molar-refractivity contribution < 1.29 is 23.9 Å². The van der Waals surface area contributed by atoms with Crippen LogP contribution in [-0.2, 0) is 30.3 Å². The van der Waals surface area contributed by atoms with Gasteiger partial charge in [-0.1, -0.05) is 56.3 Å². The predicted molar refractivity (Wildman–Crippen MR) is 108 cm³/mol. The molecule has 0 heterocycles. The van der Waals surface area contributed by atoms with Crippen molar-refractivity contribution in [2.75, 3.05) is 13.2 Å². The van der Waals surface area contributed by atoms with Crippen molar-refractivity contribution in [1.82, 2.24) is 0 Å². The molecule has 2 aromatic carbocycles. The Balaban J connectivity index is 2.61. The summed E-state index contributed by atoms with van der Waals surface area (Å²) in [5.41, 5.74) is -0.895. The first-order valence-corrected chi connectivity index (χ1v) is 9.69. The summed E-state index contributed by atoms with van der Waals surface area (Å²) in [4.78, 5) is 38.6. The Hall–Kier alpha value is -2.69. The van der Waals surface area contributed by atoms with Crippen molar-refractivity contribution in [1.29, 1.82) is 0 Å². The maximum atomic E-state index is 13.0. The van der Waals surface area contributed by atoms with Gasteiger partial charge in [0.2, 0.25) is 0 Å². The van der Waals surface area contributed by atoms with Gasteiger partial charge in [-0.3, -0.25) is 14.4 Å². The van der Waals surface area contributed by atoms with Crippen LogP contribution in [0, 0.1) is 11.3 Å². The molecule has 0 N–H and O–H groups in total. The van der Waals surface area contributed by atoms with Gasteiger partial charge < -0.3 is 9.47 Å². The molecule has 150 valence electrons. The number of esters is 2. The summed E-state index contributed by atoms with van der Waals surface area (Å²) in [6, 6.07) is 13.5. The first-order valence-electron chi connectivity index (χ1n) is 9.69. The molecule has 0 saturated carbocycles. The lowest BCUT2D eigenvalue weighted by atomic mass is 9.75. The van der Waals surface area contributed by atoms with E-state index in [9.17, 15) is 14.4 Å². The van der Waals surface area contributed by atoms with Gasteiger partial charge in [-0.2, -0.15) is 0 Å². The summed E-state index contributed by atoms with van der Waals surface area (Å²) in [6.07, 6.45) is -0.198. The largest absolute Gasteiger partial charge is 0.465 e. The maximum absolute atomic E-state index is 13.0. The molecule has 0 fully saturated rings. The van der Waals surface area contributed by atoms with Gasteiger partial charge in [0.05, 0.1) is 13.2 Å². The van der Waals surface area contributed by atoms with E-state index in [1.165, 1.54) is 0 Å². The van der Waals surface area contributed by atoms with Gasteiger partial charge >= 0.3 is 11.9 Å². The molecule has 0 aliphatic rings. The zero-order valence-electron chi connectivity index (χ0n) is 17.0. The summed E-state index contributed by atoms with van der Waals surface area (Å²) in [6.45, 7) is 7.09. The van der Waals surface area contributed by atoms with Gasteiger partial charge in [0.1, 0.15) is 5.78 Å². The minimum Gasteiger partial charge on any atom is -0.465 e. The van der Waals surface area contributed by atoms with E-state index in [0.717, 1.165) is 16.3 Å². The SMILES string of the molecule is CCOC(=O)C(CC(=O)C(C)C)(Cc1cccc2ccccc12)C(=O)OCC. The molecule has 2 aromatic rings. The van der Waals surface area contributed by atoms with E-state index in [-0.39, 0.29) is 37.8 Å². The molecule has 0 saturated heterocycles. The molecule has 0 spiro atoms. The smallest absolute Gasteiger partial charge is 0.324 e. The van der Waals surface area contributed by atoms with Crippen LogP contribution in [0.2, 0.25) is 0 Å². The van der Waals surface area contributed by atoms with Crippen LogP contribution in [0.25, 0.3) is 10.8 Å². The van der Waals surface area contributed by atoms with Crippen molar-refractivity contribution in [3.63, 3.8) is 0 Å². The number of benzene rings is 2. The van der Waals surface area contributed by atoms with Gasteiger partial charge in [0.25, 0.3) is 0 Å². The van der Waals surface area contributed by atoms with Gasteiger partial charge in [-0.15, -0.1) is 0 Å². The minimum absolute atomic E-state index is 0.0461. The fraction of sp³-hybridized carbons (Fsp3) is 0.435. The van der Waals surface area contributed by atoms with Crippen LogP contribution in [0.4, 0.5) is 0 Å². The number of hydrogen-bond acceptors (Lipinski definition) is 5. The van der Waals surface area contributed by atoms with Crippen molar-refractivity contribution in [2.24, 2.45) is 11.3 Å². The van der Waals surface area contributed by atoms with Crippen LogP contribution in [-0.4, -0.2) is 30.9 Å². The van der Waals surface area contributed by atoms with Crippen molar-refractivity contribution in [2.45, 2.75) is 40.5 Å². The Morgan fingerprint density at radius 1 is 0.893 bits per heavy atom. The summed E-state index contributed by atoms with van der Waals surface area (Å²) >= 11 is 0. The molecule has 0 aromatic heterocycles. The lowest BCUT2D eigenvalue weighted by molar-refractivity contribution is -0.174. The lowest BCUT2D eigenvalue weighted by Crippen LogP contribution is -2.46. The Labute approximate surface area is 166 Å². The fourth-order valence-electron chi connectivity index (χ4n) is 3.25. The van der Waals surface area contributed by atoms with E-state index in [2.05, 4.69) is 0 Å². The normalized spacial score (nSPS) is 11.5. The molecule has 5 nitrogen and oxygen atoms in total. The molecule has 0 radical (unpaired) electrons. The highest BCUT2D eigenvalue weighted by molar-refractivity contribution is 6.05. The highest BCUT2D eigenvalue weighted by Gasteiger charge is 2.50. The summed E-state index contributed by atoms with van der Waals surface area (Å²) in [5.74, 6) is -1.91. The van der Waals surface area contributed by atoms with Crippen molar-refractivity contribution >= 4 is 28.5 Å². The maximum Gasteiger partial charge on any atom is 0.324 e. The molecule has 0 aliphatic heterocycles. The van der Waals surface area contributed by atoms with Gasteiger partial charge in [-0.05, 0) is 30.2 Å². The van der Waals surface area contributed by atoms with E-state index in [1.807, 2.05) is 42.5 Å². The third-order valence-corrected chi connectivity index (χ3v) is 4.82. The number of fused-ring (bicyclic) bond motifs is 1. The third-order valence-electron chi connectivity index (χ3n) is 4.82. The highest BCUT2D eigenvalue weighted by atomic mass is 16.6. The van der Waals surface area contributed by atoms with Gasteiger partial charge in [0, 0.05) is 18.8 Å². The monoisotopic (exact) mass is 384 g/mol. The molecule has 0 aliphatic carbocycles. The zero-order valence-corrected chi connectivity index (χ0v) is 17.0. The predicted octanol–water partition coefficient (Wildman–Crippen LogP) is 4.11. The third kappa shape index (κ3) is 4.58. The van der Waals surface area contributed by atoms with Crippen LogP contribution in [0.1, 0.15) is 39.7 Å². The second kappa shape index (κ2) is 9.49. The number of ether oxygens (including phenoxy) is 2. The van der Waals surface area contributed by atoms with Crippen LogP contribution in [0.15, 0.2) is 42.5 Å². The van der Waals surface area contributed by atoms with Crippen LogP contribution >= 0.6 is 0 Å². The molecular weight excluding hydrogens is 356 g/mol. The topological polar surface area (TPSA) is 69.7 Å². The van der Waals surface area contributed by atoms with Crippen LogP contribution in [0.3, 0.4) is 0 Å². The average Bonchev–Trinajstić information content (AvgIpc) is 2.67. The summed E-state index contributed by atoms with van der Waals surface area (Å²) in [7, 11) is 0.